The van der Waals surface area contributed by atoms with Crippen LogP contribution in [0.2, 0.25) is 0 Å². The lowest BCUT2D eigenvalue weighted by molar-refractivity contribution is 0.481. The van der Waals surface area contributed by atoms with Gasteiger partial charge in [-0.15, -0.1) is 0 Å². The van der Waals surface area contributed by atoms with Crippen molar-refractivity contribution in [1.82, 2.24) is 14.8 Å². The Morgan fingerprint density at radius 2 is 1.77 bits per heavy atom. The molecular weight excluding hydrogens is 324 g/mol. The van der Waals surface area contributed by atoms with Gasteiger partial charge in [0.2, 0.25) is 0 Å². The summed E-state index contributed by atoms with van der Waals surface area (Å²) in [6, 6.07) is 21.6. The van der Waals surface area contributed by atoms with Crippen LogP contribution in [0, 0.1) is 0 Å². The molecule has 2 N–H and O–H groups in total. The molecule has 0 radical (unpaired) electrons. The van der Waals surface area contributed by atoms with Crippen molar-refractivity contribution in [3.8, 4) is 22.6 Å². The molecule has 0 spiro atoms. The molecule has 0 bridgehead atoms. The van der Waals surface area contributed by atoms with Crippen molar-refractivity contribution < 1.29 is 4.74 Å². The van der Waals surface area contributed by atoms with E-state index >= 15 is 0 Å². The fourth-order valence-electron chi connectivity index (χ4n) is 2.77. The standard InChI is InChI=1S/C21H18N4O/c22-21-20(10-5-11-23-21)17-13-24-25(15-17)14-16-6-4-9-19(12-16)26-18-7-2-1-3-8-18/h1-13,15H,14H2,(H2,22,23). The van der Waals surface area contributed by atoms with Crippen molar-refractivity contribution in [2.24, 2.45) is 0 Å². The summed E-state index contributed by atoms with van der Waals surface area (Å²) in [5.41, 5.74) is 8.89. The summed E-state index contributed by atoms with van der Waals surface area (Å²) in [7, 11) is 0. The lowest BCUT2D eigenvalue weighted by atomic mass is 10.1. The molecule has 128 valence electrons. The first-order valence-corrected chi connectivity index (χ1v) is 8.33. The molecule has 0 saturated carbocycles. The number of nitrogens with zero attached hydrogens (tertiary/aromatic N) is 3. The fraction of sp³-hybridized carbons (Fsp3) is 0.0476. The Kier molecular flexibility index (Phi) is 4.35. The molecule has 0 unspecified atom stereocenters. The van der Waals surface area contributed by atoms with Crippen molar-refractivity contribution in [1.29, 1.82) is 0 Å². The van der Waals surface area contributed by atoms with Crippen LogP contribution in [-0.4, -0.2) is 14.8 Å². The third kappa shape index (κ3) is 3.57. The molecule has 2 aromatic carbocycles. The van der Waals surface area contributed by atoms with E-state index in [4.69, 9.17) is 10.5 Å². The van der Waals surface area contributed by atoms with Crippen molar-refractivity contribution in [2.45, 2.75) is 6.54 Å². The number of para-hydroxylation sites is 1. The van der Waals surface area contributed by atoms with Crippen LogP contribution in [0.25, 0.3) is 11.1 Å². The average Bonchev–Trinajstić information content (AvgIpc) is 3.11. The van der Waals surface area contributed by atoms with E-state index in [1.54, 1.807) is 12.4 Å². The van der Waals surface area contributed by atoms with Gasteiger partial charge in [0.25, 0.3) is 0 Å². The van der Waals surface area contributed by atoms with Crippen LogP contribution in [0.4, 0.5) is 5.82 Å². The highest BCUT2D eigenvalue weighted by molar-refractivity contribution is 5.72. The number of ether oxygens (including phenoxy) is 1. The first kappa shape index (κ1) is 15.9. The van der Waals surface area contributed by atoms with Gasteiger partial charge in [0.05, 0.1) is 12.7 Å². The Morgan fingerprint density at radius 3 is 2.62 bits per heavy atom. The van der Waals surface area contributed by atoms with Gasteiger partial charge in [0.15, 0.2) is 0 Å². The van der Waals surface area contributed by atoms with Crippen molar-refractivity contribution in [2.75, 3.05) is 5.73 Å². The number of anilines is 1. The lowest BCUT2D eigenvalue weighted by Gasteiger charge is -2.08. The smallest absolute Gasteiger partial charge is 0.131 e. The molecule has 2 aromatic heterocycles. The number of nitrogen functional groups attached to an aromatic ring is 1. The highest BCUT2D eigenvalue weighted by atomic mass is 16.5. The molecule has 0 atom stereocenters. The number of pyridine rings is 1. The second-order valence-corrected chi connectivity index (χ2v) is 5.93. The number of hydrogen-bond donors (Lipinski definition) is 1. The Bertz CT molecular complexity index is 1010. The van der Waals surface area contributed by atoms with Crippen molar-refractivity contribution in [3.63, 3.8) is 0 Å². The first-order valence-electron chi connectivity index (χ1n) is 8.33. The van der Waals surface area contributed by atoms with Gasteiger partial charge in [-0.3, -0.25) is 4.68 Å². The minimum atomic E-state index is 0.505. The molecule has 0 aliphatic carbocycles. The molecule has 5 heteroatoms. The SMILES string of the molecule is Nc1ncccc1-c1cnn(Cc2cccc(Oc3ccccc3)c2)c1. The molecule has 26 heavy (non-hydrogen) atoms. The molecule has 5 nitrogen and oxygen atoms in total. The van der Waals surface area contributed by atoms with Crippen LogP contribution in [0.15, 0.2) is 85.3 Å². The van der Waals surface area contributed by atoms with Gasteiger partial charge in [0, 0.05) is 23.5 Å². The van der Waals surface area contributed by atoms with E-state index in [2.05, 4.69) is 16.1 Å². The van der Waals surface area contributed by atoms with E-state index < -0.39 is 0 Å². The summed E-state index contributed by atoms with van der Waals surface area (Å²) in [6.07, 6.45) is 5.46. The fourth-order valence-corrected chi connectivity index (χ4v) is 2.77. The topological polar surface area (TPSA) is 66.0 Å². The van der Waals surface area contributed by atoms with Gasteiger partial charge in [-0.25, -0.2) is 4.98 Å². The Morgan fingerprint density at radius 1 is 0.923 bits per heavy atom. The monoisotopic (exact) mass is 342 g/mol. The summed E-state index contributed by atoms with van der Waals surface area (Å²) < 4.78 is 7.77. The average molecular weight is 342 g/mol. The molecule has 2 heterocycles. The zero-order chi connectivity index (χ0) is 17.8. The van der Waals surface area contributed by atoms with Gasteiger partial charge in [-0.2, -0.15) is 5.10 Å². The van der Waals surface area contributed by atoms with Gasteiger partial charge in [-0.1, -0.05) is 30.3 Å². The predicted octanol–water partition coefficient (Wildman–Crippen LogP) is 4.37. The number of hydrogen-bond acceptors (Lipinski definition) is 4. The Balaban J connectivity index is 1.51. The van der Waals surface area contributed by atoms with E-state index in [1.165, 1.54) is 0 Å². The second kappa shape index (κ2) is 7.11. The highest BCUT2D eigenvalue weighted by Crippen LogP contribution is 2.24. The molecule has 0 aliphatic rings. The van der Waals surface area contributed by atoms with E-state index in [-0.39, 0.29) is 0 Å². The van der Waals surface area contributed by atoms with Crippen LogP contribution in [0.1, 0.15) is 5.56 Å². The van der Waals surface area contributed by atoms with E-state index in [0.29, 0.717) is 12.4 Å². The normalized spacial score (nSPS) is 10.6. The minimum absolute atomic E-state index is 0.505. The predicted molar refractivity (Wildman–Crippen MR) is 102 cm³/mol. The zero-order valence-electron chi connectivity index (χ0n) is 14.1. The maximum absolute atomic E-state index is 5.94. The molecule has 0 amide bonds. The first-order chi connectivity index (χ1) is 12.8. The quantitative estimate of drug-likeness (QED) is 0.585. The van der Waals surface area contributed by atoms with Crippen LogP contribution in [0.5, 0.6) is 11.5 Å². The van der Waals surface area contributed by atoms with Gasteiger partial charge in [0.1, 0.15) is 17.3 Å². The maximum Gasteiger partial charge on any atom is 0.131 e. The van der Waals surface area contributed by atoms with Gasteiger partial charge < -0.3 is 10.5 Å². The third-order valence-electron chi connectivity index (χ3n) is 4.00. The summed E-state index contributed by atoms with van der Waals surface area (Å²) in [6.45, 7) is 0.645. The van der Waals surface area contributed by atoms with Crippen LogP contribution in [0.3, 0.4) is 0 Å². The summed E-state index contributed by atoms with van der Waals surface area (Å²) in [5, 5.41) is 4.44. The molecule has 0 aliphatic heterocycles. The number of aromatic nitrogens is 3. The Hall–Kier alpha value is -3.60. The zero-order valence-corrected chi connectivity index (χ0v) is 14.1. The molecule has 4 aromatic rings. The largest absolute Gasteiger partial charge is 0.457 e. The van der Waals surface area contributed by atoms with Crippen LogP contribution < -0.4 is 10.5 Å². The molecular formula is C21H18N4O. The number of benzene rings is 2. The van der Waals surface area contributed by atoms with Crippen molar-refractivity contribution in [3.05, 3.63) is 90.9 Å². The highest BCUT2D eigenvalue weighted by Gasteiger charge is 2.07. The van der Waals surface area contributed by atoms with Gasteiger partial charge in [-0.05, 0) is 42.0 Å². The Labute approximate surface area is 151 Å². The second-order valence-electron chi connectivity index (χ2n) is 5.93. The molecule has 0 saturated heterocycles. The van der Waals surface area contributed by atoms with Gasteiger partial charge >= 0.3 is 0 Å². The summed E-state index contributed by atoms with van der Waals surface area (Å²) in [4.78, 5) is 4.12. The molecule has 4 rings (SSSR count). The third-order valence-corrected chi connectivity index (χ3v) is 4.00. The number of rotatable bonds is 5. The van der Waals surface area contributed by atoms with E-state index in [9.17, 15) is 0 Å². The number of nitrogens with two attached hydrogens (primary N) is 1. The van der Waals surface area contributed by atoms with Crippen LogP contribution in [-0.2, 0) is 6.54 Å². The minimum Gasteiger partial charge on any atom is -0.457 e. The van der Waals surface area contributed by atoms with E-state index in [1.807, 2.05) is 71.5 Å². The molecule has 0 fully saturated rings. The van der Waals surface area contributed by atoms with Crippen molar-refractivity contribution >= 4 is 5.82 Å². The lowest BCUT2D eigenvalue weighted by Crippen LogP contribution is -2.00. The maximum atomic E-state index is 5.94. The van der Waals surface area contributed by atoms with Crippen LogP contribution >= 0.6 is 0 Å². The van der Waals surface area contributed by atoms with E-state index in [0.717, 1.165) is 28.2 Å². The summed E-state index contributed by atoms with van der Waals surface area (Å²) >= 11 is 0. The summed E-state index contributed by atoms with van der Waals surface area (Å²) in [5.74, 6) is 2.13.